The summed E-state index contributed by atoms with van der Waals surface area (Å²) in [5.74, 6) is 0.990. The Morgan fingerprint density at radius 2 is 2.06 bits per heavy atom. The normalized spacial score (nSPS) is 21.4. The van der Waals surface area contributed by atoms with Crippen molar-refractivity contribution in [2.24, 2.45) is 0 Å². The second kappa shape index (κ2) is 6.59. The molecule has 1 aliphatic heterocycles. The van der Waals surface area contributed by atoms with E-state index in [9.17, 15) is 0 Å². The molecule has 1 aromatic carbocycles. The van der Waals surface area contributed by atoms with Crippen molar-refractivity contribution in [1.82, 2.24) is 4.90 Å². The molecule has 0 N–H and O–H groups in total. The van der Waals surface area contributed by atoms with Crippen molar-refractivity contribution >= 4 is 22.6 Å². The molecule has 0 saturated carbocycles. The highest BCUT2D eigenvalue weighted by Gasteiger charge is 2.18. The van der Waals surface area contributed by atoms with Crippen LogP contribution in [0.2, 0.25) is 0 Å². The lowest BCUT2D eigenvalue weighted by Gasteiger charge is -2.32. The summed E-state index contributed by atoms with van der Waals surface area (Å²) in [6.45, 7) is 2.07. The SMILES string of the molecule is CN1CCCCC1CCOc1ccc(I)cc1. The molecule has 0 radical (unpaired) electrons. The van der Waals surface area contributed by atoms with Crippen LogP contribution >= 0.6 is 22.6 Å². The van der Waals surface area contributed by atoms with Crippen molar-refractivity contribution in [3.8, 4) is 5.75 Å². The van der Waals surface area contributed by atoms with Crippen molar-refractivity contribution < 1.29 is 4.74 Å². The highest BCUT2D eigenvalue weighted by molar-refractivity contribution is 14.1. The number of piperidine rings is 1. The monoisotopic (exact) mass is 345 g/mol. The molecule has 1 aromatic rings. The van der Waals surface area contributed by atoms with Crippen LogP contribution in [0.25, 0.3) is 0 Å². The zero-order valence-corrected chi connectivity index (χ0v) is 12.5. The van der Waals surface area contributed by atoms with Crippen molar-refractivity contribution in [2.75, 3.05) is 20.2 Å². The number of benzene rings is 1. The highest BCUT2D eigenvalue weighted by Crippen LogP contribution is 2.19. The number of hydrogen-bond donors (Lipinski definition) is 0. The summed E-state index contributed by atoms with van der Waals surface area (Å²) in [4.78, 5) is 2.47. The van der Waals surface area contributed by atoms with Gasteiger partial charge in [-0.15, -0.1) is 0 Å². The Kier molecular flexibility index (Phi) is 5.10. The van der Waals surface area contributed by atoms with Gasteiger partial charge in [0, 0.05) is 9.61 Å². The van der Waals surface area contributed by atoms with E-state index in [-0.39, 0.29) is 0 Å². The number of hydrogen-bond acceptors (Lipinski definition) is 2. The number of nitrogens with zero attached hydrogens (tertiary/aromatic N) is 1. The summed E-state index contributed by atoms with van der Waals surface area (Å²) < 4.78 is 7.03. The Hall–Kier alpha value is -0.290. The van der Waals surface area contributed by atoms with Gasteiger partial charge < -0.3 is 9.64 Å². The van der Waals surface area contributed by atoms with E-state index in [1.54, 1.807) is 0 Å². The van der Waals surface area contributed by atoms with E-state index < -0.39 is 0 Å². The smallest absolute Gasteiger partial charge is 0.119 e. The van der Waals surface area contributed by atoms with E-state index in [4.69, 9.17) is 4.74 Å². The lowest BCUT2D eigenvalue weighted by Crippen LogP contribution is -2.37. The molecule has 2 nitrogen and oxygen atoms in total. The fourth-order valence-corrected chi connectivity index (χ4v) is 2.71. The summed E-state index contributed by atoms with van der Waals surface area (Å²) in [6.07, 6.45) is 5.19. The molecule has 1 saturated heterocycles. The van der Waals surface area contributed by atoms with Gasteiger partial charge in [0.2, 0.25) is 0 Å². The van der Waals surface area contributed by atoms with Gasteiger partial charge in [-0.1, -0.05) is 6.42 Å². The van der Waals surface area contributed by atoms with E-state index in [0.717, 1.165) is 18.8 Å². The molecule has 94 valence electrons. The van der Waals surface area contributed by atoms with Gasteiger partial charge in [0.25, 0.3) is 0 Å². The molecule has 0 aliphatic carbocycles. The minimum Gasteiger partial charge on any atom is -0.494 e. The minimum absolute atomic E-state index is 0.715. The van der Waals surface area contributed by atoms with Crippen molar-refractivity contribution in [2.45, 2.75) is 31.7 Å². The average Bonchev–Trinajstić information content (AvgIpc) is 2.34. The Morgan fingerprint density at radius 1 is 1.29 bits per heavy atom. The van der Waals surface area contributed by atoms with E-state index in [0.29, 0.717) is 6.04 Å². The second-order valence-electron chi connectivity index (χ2n) is 4.72. The van der Waals surface area contributed by atoms with Crippen molar-refractivity contribution in [1.29, 1.82) is 0 Å². The molecular weight excluding hydrogens is 325 g/mol. The molecule has 1 fully saturated rings. The van der Waals surface area contributed by atoms with Crippen LogP contribution < -0.4 is 4.74 Å². The second-order valence-corrected chi connectivity index (χ2v) is 5.97. The third-order valence-electron chi connectivity index (χ3n) is 3.45. The molecule has 0 aromatic heterocycles. The quantitative estimate of drug-likeness (QED) is 0.774. The Bertz CT molecular complexity index is 339. The number of ether oxygens (including phenoxy) is 1. The summed E-state index contributed by atoms with van der Waals surface area (Å²) in [5, 5.41) is 0. The van der Waals surface area contributed by atoms with E-state index in [1.165, 1.54) is 29.4 Å². The van der Waals surface area contributed by atoms with Crippen molar-refractivity contribution in [3.63, 3.8) is 0 Å². The minimum atomic E-state index is 0.715. The molecule has 1 unspecified atom stereocenters. The van der Waals surface area contributed by atoms with Gasteiger partial charge >= 0.3 is 0 Å². The number of likely N-dealkylation sites (tertiary alicyclic amines) is 1. The summed E-state index contributed by atoms with van der Waals surface area (Å²) in [6, 6.07) is 8.98. The van der Waals surface area contributed by atoms with Crippen LogP contribution in [0.15, 0.2) is 24.3 Å². The van der Waals surface area contributed by atoms with E-state index >= 15 is 0 Å². The molecule has 0 spiro atoms. The van der Waals surface area contributed by atoms with Crippen LogP contribution in [0, 0.1) is 3.57 Å². The largest absolute Gasteiger partial charge is 0.494 e. The molecule has 1 atom stereocenters. The lowest BCUT2D eigenvalue weighted by atomic mass is 10.0. The Labute approximate surface area is 117 Å². The van der Waals surface area contributed by atoms with Gasteiger partial charge in [-0.25, -0.2) is 0 Å². The van der Waals surface area contributed by atoms with Gasteiger partial charge in [0.15, 0.2) is 0 Å². The molecule has 1 heterocycles. The zero-order chi connectivity index (χ0) is 12.1. The van der Waals surface area contributed by atoms with Gasteiger partial charge in [-0.2, -0.15) is 0 Å². The first kappa shape index (κ1) is 13.1. The maximum absolute atomic E-state index is 5.78. The van der Waals surface area contributed by atoms with Gasteiger partial charge in [0.1, 0.15) is 5.75 Å². The first-order valence-corrected chi connectivity index (χ1v) is 7.42. The van der Waals surface area contributed by atoms with Crippen LogP contribution in [0.5, 0.6) is 5.75 Å². The first-order valence-electron chi connectivity index (χ1n) is 6.34. The maximum Gasteiger partial charge on any atom is 0.119 e. The standard InChI is InChI=1S/C14H20INO/c1-16-10-3-2-4-13(16)9-11-17-14-7-5-12(15)6-8-14/h5-8,13H,2-4,9-11H2,1H3. The van der Waals surface area contributed by atoms with Crippen molar-refractivity contribution in [3.05, 3.63) is 27.8 Å². The fraction of sp³-hybridized carbons (Fsp3) is 0.571. The molecule has 0 bridgehead atoms. The van der Waals surface area contributed by atoms with E-state index in [1.807, 2.05) is 12.1 Å². The molecule has 0 amide bonds. The first-order chi connectivity index (χ1) is 8.25. The zero-order valence-electron chi connectivity index (χ0n) is 10.4. The van der Waals surface area contributed by atoms with Crippen LogP contribution in [0.4, 0.5) is 0 Å². The van der Waals surface area contributed by atoms with Crippen LogP contribution in [-0.2, 0) is 0 Å². The number of rotatable bonds is 4. The summed E-state index contributed by atoms with van der Waals surface area (Å²) >= 11 is 2.31. The third kappa shape index (κ3) is 4.14. The predicted molar refractivity (Wildman–Crippen MR) is 79.5 cm³/mol. The Morgan fingerprint density at radius 3 is 2.76 bits per heavy atom. The van der Waals surface area contributed by atoms with Crippen LogP contribution in [0.3, 0.4) is 0 Å². The third-order valence-corrected chi connectivity index (χ3v) is 4.17. The average molecular weight is 345 g/mol. The molecule has 3 heteroatoms. The summed E-state index contributed by atoms with van der Waals surface area (Å²) in [7, 11) is 2.23. The maximum atomic E-state index is 5.78. The van der Waals surface area contributed by atoms with Crippen LogP contribution in [0.1, 0.15) is 25.7 Å². The topological polar surface area (TPSA) is 12.5 Å². The Balaban J connectivity index is 1.73. The van der Waals surface area contributed by atoms with Crippen LogP contribution in [-0.4, -0.2) is 31.1 Å². The number of halogens is 1. The lowest BCUT2D eigenvalue weighted by molar-refractivity contribution is 0.153. The van der Waals surface area contributed by atoms with Gasteiger partial charge in [0.05, 0.1) is 6.61 Å². The van der Waals surface area contributed by atoms with Gasteiger partial charge in [-0.05, 0) is 79.7 Å². The molecule has 1 aliphatic rings. The molecule has 17 heavy (non-hydrogen) atoms. The van der Waals surface area contributed by atoms with Gasteiger partial charge in [-0.3, -0.25) is 0 Å². The molecule has 2 rings (SSSR count). The molecular formula is C14H20INO. The predicted octanol–water partition coefficient (Wildman–Crippen LogP) is 3.54. The fourth-order valence-electron chi connectivity index (χ4n) is 2.35. The highest BCUT2D eigenvalue weighted by atomic mass is 127. The van der Waals surface area contributed by atoms with E-state index in [2.05, 4.69) is 46.7 Å². The summed E-state index contributed by atoms with van der Waals surface area (Å²) in [5.41, 5.74) is 0.